The van der Waals surface area contributed by atoms with Crippen molar-refractivity contribution < 1.29 is 56.5 Å². The second-order valence-corrected chi connectivity index (χ2v) is 3.77. The fraction of sp³-hybridized carbons (Fsp3) is 0.143. The molecule has 0 aliphatic heterocycles. The summed E-state index contributed by atoms with van der Waals surface area (Å²) >= 11 is 0. The van der Waals surface area contributed by atoms with Gasteiger partial charge in [-0.3, -0.25) is 0 Å². The minimum atomic E-state index is -1.16. The largest absolute Gasteiger partial charge is 1.00 e. The van der Waals surface area contributed by atoms with E-state index in [1.54, 1.807) is 6.92 Å². The zero-order valence-electron chi connectivity index (χ0n) is 9.68. The summed E-state index contributed by atoms with van der Waals surface area (Å²) in [4.78, 5) is 0. The van der Waals surface area contributed by atoms with E-state index in [9.17, 15) is 5.11 Å². The van der Waals surface area contributed by atoms with Crippen molar-refractivity contribution in [1.82, 2.24) is 0 Å². The molecule has 0 unspecified atom stereocenters. The molecule has 0 aromatic heterocycles. The Morgan fingerprint density at radius 1 is 0.750 bits per heavy atom. The maximum atomic E-state index is 12.5. The van der Waals surface area contributed by atoms with Gasteiger partial charge in [0.05, 0.1) is 0 Å². The minimum absolute atomic E-state index is 0. The summed E-state index contributed by atoms with van der Waals surface area (Å²) in [5.74, 6) is 0. The summed E-state index contributed by atoms with van der Waals surface area (Å²) in [6.07, 6.45) is 0. The summed E-state index contributed by atoms with van der Waals surface area (Å²) in [7, 11) is 0. The van der Waals surface area contributed by atoms with Crippen LogP contribution in [0, 0.1) is 0 Å². The van der Waals surface area contributed by atoms with Gasteiger partial charge in [-0.05, 0) is 0 Å². The van der Waals surface area contributed by atoms with E-state index in [0.717, 1.165) is 11.1 Å². The van der Waals surface area contributed by atoms with Crippen LogP contribution in [-0.2, 0) is 5.60 Å². The molecule has 0 saturated carbocycles. The maximum Gasteiger partial charge on any atom is 1.00 e. The molecule has 2 rings (SSSR count). The SMILES string of the molecule is CC([O-])(c1ccccc1)c1ccccc1.[K+]. The van der Waals surface area contributed by atoms with Crippen molar-refractivity contribution in [3.63, 3.8) is 0 Å². The Labute approximate surface area is 139 Å². The Bertz CT molecular complexity index is 382. The molecule has 0 N–H and O–H groups in total. The average molecular weight is 236 g/mol. The van der Waals surface area contributed by atoms with Gasteiger partial charge in [-0.15, -0.1) is 0 Å². The molecule has 0 radical (unpaired) electrons. The fourth-order valence-corrected chi connectivity index (χ4v) is 1.68. The summed E-state index contributed by atoms with van der Waals surface area (Å²) < 4.78 is 0. The fourth-order valence-electron chi connectivity index (χ4n) is 1.68. The summed E-state index contributed by atoms with van der Waals surface area (Å²) in [6, 6.07) is 18.9. The molecule has 0 aliphatic carbocycles. The molecule has 0 amide bonds. The van der Waals surface area contributed by atoms with E-state index in [0.29, 0.717) is 0 Å². The van der Waals surface area contributed by atoms with Crippen molar-refractivity contribution >= 4 is 0 Å². The average Bonchev–Trinajstić information content (AvgIpc) is 2.31. The Morgan fingerprint density at radius 3 is 1.38 bits per heavy atom. The van der Waals surface area contributed by atoms with E-state index in [1.165, 1.54) is 0 Å². The molecule has 1 nitrogen and oxygen atoms in total. The molecular formula is C14H13KO. The van der Waals surface area contributed by atoms with Gasteiger partial charge in [-0.1, -0.05) is 84.3 Å². The minimum Gasteiger partial charge on any atom is -0.843 e. The summed E-state index contributed by atoms with van der Waals surface area (Å²) in [5.41, 5.74) is 0.440. The van der Waals surface area contributed by atoms with Crippen LogP contribution in [0.4, 0.5) is 0 Å². The van der Waals surface area contributed by atoms with E-state index in [-0.39, 0.29) is 51.4 Å². The van der Waals surface area contributed by atoms with Gasteiger partial charge in [0.1, 0.15) is 0 Å². The van der Waals surface area contributed by atoms with E-state index < -0.39 is 5.60 Å². The topological polar surface area (TPSA) is 23.1 Å². The molecule has 0 fully saturated rings. The van der Waals surface area contributed by atoms with Crippen LogP contribution in [0.2, 0.25) is 0 Å². The van der Waals surface area contributed by atoms with Gasteiger partial charge in [0.2, 0.25) is 0 Å². The van der Waals surface area contributed by atoms with Crippen molar-refractivity contribution in [2.24, 2.45) is 0 Å². The molecule has 2 aromatic rings. The van der Waals surface area contributed by atoms with E-state index in [1.807, 2.05) is 60.7 Å². The summed E-state index contributed by atoms with van der Waals surface area (Å²) in [5, 5.41) is 12.5. The smallest absolute Gasteiger partial charge is 0.843 e. The van der Waals surface area contributed by atoms with Gasteiger partial charge in [0, 0.05) is 0 Å². The molecule has 2 heteroatoms. The summed E-state index contributed by atoms with van der Waals surface area (Å²) in [6.45, 7) is 1.71. The third kappa shape index (κ3) is 3.03. The van der Waals surface area contributed by atoms with Crippen molar-refractivity contribution in [3.8, 4) is 0 Å². The number of hydrogen-bond donors (Lipinski definition) is 0. The molecule has 0 atom stereocenters. The van der Waals surface area contributed by atoms with Gasteiger partial charge in [0.25, 0.3) is 0 Å². The normalized spacial score (nSPS) is 10.6. The molecule has 0 spiro atoms. The third-order valence-corrected chi connectivity index (χ3v) is 2.65. The first-order valence-electron chi connectivity index (χ1n) is 5.03. The van der Waals surface area contributed by atoms with Crippen molar-refractivity contribution in [2.45, 2.75) is 12.5 Å². The van der Waals surface area contributed by atoms with Crippen LogP contribution in [0.25, 0.3) is 0 Å². The van der Waals surface area contributed by atoms with Gasteiger partial charge in [0.15, 0.2) is 0 Å². The number of benzene rings is 2. The molecular weight excluding hydrogens is 223 g/mol. The van der Waals surface area contributed by atoms with Gasteiger partial charge >= 0.3 is 51.4 Å². The van der Waals surface area contributed by atoms with E-state index in [2.05, 4.69) is 0 Å². The van der Waals surface area contributed by atoms with Crippen LogP contribution in [0.15, 0.2) is 60.7 Å². The van der Waals surface area contributed by atoms with Gasteiger partial charge in [-0.25, -0.2) is 0 Å². The van der Waals surface area contributed by atoms with Crippen LogP contribution >= 0.6 is 0 Å². The van der Waals surface area contributed by atoms with Crippen LogP contribution in [0.5, 0.6) is 0 Å². The Kier molecular flexibility index (Phi) is 5.38. The first-order valence-corrected chi connectivity index (χ1v) is 5.03. The Balaban J connectivity index is 0.00000128. The predicted molar refractivity (Wildman–Crippen MR) is 59.3 cm³/mol. The quantitative estimate of drug-likeness (QED) is 0.633. The Hall–Kier alpha value is 0.0364. The molecule has 0 heterocycles. The second kappa shape index (κ2) is 6.10. The van der Waals surface area contributed by atoms with Crippen LogP contribution in [0.3, 0.4) is 0 Å². The maximum absolute atomic E-state index is 12.5. The van der Waals surface area contributed by atoms with Gasteiger partial charge in [-0.2, -0.15) is 0 Å². The predicted octanol–water partition coefficient (Wildman–Crippen LogP) is -0.686. The van der Waals surface area contributed by atoms with Crippen LogP contribution < -0.4 is 56.5 Å². The second-order valence-electron chi connectivity index (χ2n) is 3.77. The van der Waals surface area contributed by atoms with E-state index in [4.69, 9.17) is 0 Å². The van der Waals surface area contributed by atoms with Crippen molar-refractivity contribution in [1.29, 1.82) is 0 Å². The first-order chi connectivity index (χ1) is 7.21. The van der Waals surface area contributed by atoms with Crippen LogP contribution in [0.1, 0.15) is 18.1 Å². The molecule has 0 aliphatic rings. The third-order valence-electron chi connectivity index (χ3n) is 2.65. The van der Waals surface area contributed by atoms with Crippen molar-refractivity contribution in [3.05, 3.63) is 71.8 Å². The monoisotopic (exact) mass is 236 g/mol. The molecule has 76 valence electrons. The van der Waals surface area contributed by atoms with E-state index >= 15 is 0 Å². The zero-order chi connectivity index (χ0) is 10.7. The van der Waals surface area contributed by atoms with Crippen molar-refractivity contribution in [2.75, 3.05) is 0 Å². The molecule has 16 heavy (non-hydrogen) atoms. The standard InChI is InChI=1S/C14H13O.K/c1-14(15,12-8-4-2-5-9-12)13-10-6-3-7-11-13;/h2-11H,1H3;/q-1;+1. The van der Waals surface area contributed by atoms with Gasteiger partial charge < -0.3 is 5.11 Å². The molecule has 2 aromatic carbocycles. The number of rotatable bonds is 2. The molecule has 0 saturated heterocycles. The zero-order valence-corrected chi connectivity index (χ0v) is 12.8. The number of hydrogen-bond acceptors (Lipinski definition) is 1. The van der Waals surface area contributed by atoms with Crippen LogP contribution in [-0.4, -0.2) is 0 Å². The Morgan fingerprint density at radius 2 is 1.06 bits per heavy atom. The first kappa shape index (κ1) is 14.1. The molecule has 0 bridgehead atoms.